The third-order valence-corrected chi connectivity index (χ3v) is 9.44. The van der Waals surface area contributed by atoms with Gasteiger partial charge in [0.05, 0.1) is 16.4 Å². The van der Waals surface area contributed by atoms with Crippen LogP contribution in [0.3, 0.4) is 0 Å². The third-order valence-electron chi connectivity index (χ3n) is 6.33. The first-order chi connectivity index (χ1) is 15.5. The highest BCUT2D eigenvalue weighted by Crippen LogP contribution is 2.32. The van der Waals surface area contributed by atoms with Gasteiger partial charge in [0.25, 0.3) is 11.8 Å². The van der Waals surface area contributed by atoms with Crippen molar-refractivity contribution in [3.63, 3.8) is 0 Å². The van der Waals surface area contributed by atoms with Crippen LogP contribution in [-0.4, -0.2) is 84.1 Å². The highest BCUT2D eigenvalue weighted by Gasteiger charge is 2.44. The molecule has 0 spiro atoms. The van der Waals surface area contributed by atoms with Crippen LogP contribution in [0.5, 0.6) is 0 Å². The summed E-state index contributed by atoms with van der Waals surface area (Å²) in [5.74, 6) is 10.7. The molecule has 1 unspecified atom stereocenters. The minimum atomic E-state index is -3.83. The second-order valence-electron chi connectivity index (χ2n) is 8.61. The average Bonchev–Trinajstić information content (AvgIpc) is 3.41. The number of aliphatic hydroxyl groups excluding tert-OH is 1. The van der Waals surface area contributed by atoms with Gasteiger partial charge in [-0.2, -0.15) is 0 Å². The van der Waals surface area contributed by atoms with Gasteiger partial charge in [-0.3, -0.25) is 19.7 Å². The number of rotatable bonds is 6. The van der Waals surface area contributed by atoms with E-state index in [1.54, 1.807) is 0 Å². The number of likely N-dealkylation sites (tertiary alicyclic amines) is 1. The maximum atomic E-state index is 12.7. The third kappa shape index (κ3) is 5.24. The molecule has 0 aliphatic carbocycles. The second kappa shape index (κ2) is 9.84. The largest absolute Gasteiger partial charge is 0.395 e. The van der Waals surface area contributed by atoms with E-state index in [2.05, 4.69) is 28.6 Å². The number of likely N-dealkylation sites (N-methyl/N-ethyl adjacent to an activating group) is 1. The second-order valence-corrected chi connectivity index (χ2v) is 12.1. The molecule has 0 bridgehead atoms. The SMILES string of the molecule is CN1C[C@@H](C#CC#Cc2cc3c(s2)C(=O)N(CCC(C)(C(=O)NO)S(C)(=O)=O)C3)C[C@@H]1CO. The Hall–Kier alpha value is -2.41. The molecule has 0 radical (unpaired) electrons. The Morgan fingerprint density at radius 2 is 2.12 bits per heavy atom. The zero-order chi connectivity index (χ0) is 24.4. The fourth-order valence-electron chi connectivity index (χ4n) is 3.95. The summed E-state index contributed by atoms with van der Waals surface area (Å²) >= 11 is 1.26. The quantitative estimate of drug-likeness (QED) is 0.291. The van der Waals surface area contributed by atoms with Crippen molar-refractivity contribution in [1.82, 2.24) is 15.3 Å². The van der Waals surface area contributed by atoms with Crippen LogP contribution >= 0.6 is 11.3 Å². The molecule has 1 saturated heterocycles. The topological polar surface area (TPSA) is 127 Å². The molecule has 3 atom stereocenters. The molecule has 2 amide bonds. The highest BCUT2D eigenvalue weighted by molar-refractivity contribution is 7.92. The van der Waals surface area contributed by atoms with Crippen molar-refractivity contribution in [2.45, 2.75) is 37.1 Å². The van der Waals surface area contributed by atoms with E-state index in [1.165, 1.54) is 28.6 Å². The molecule has 1 aromatic rings. The Bertz CT molecular complexity index is 1170. The molecule has 33 heavy (non-hydrogen) atoms. The molecule has 3 rings (SSSR count). The van der Waals surface area contributed by atoms with Crippen molar-refractivity contribution >= 4 is 33.0 Å². The normalized spacial score (nSPS) is 22.1. The average molecular weight is 494 g/mol. The smallest absolute Gasteiger partial charge is 0.264 e. The van der Waals surface area contributed by atoms with E-state index in [4.69, 9.17) is 5.21 Å². The van der Waals surface area contributed by atoms with Crippen molar-refractivity contribution in [1.29, 1.82) is 0 Å². The lowest BCUT2D eigenvalue weighted by Gasteiger charge is -2.27. The molecule has 3 N–H and O–H groups in total. The first kappa shape index (κ1) is 25.2. The molecule has 9 nitrogen and oxygen atoms in total. The number of nitrogens with one attached hydrogen (secondary N) is 1. The van der Waals surface area contributed by atoms with E-state index < -0.39 is 20.5 Å². The van der Waals surface area contributed by atoms with E-state index in [0.717, 1.165) is 29.7 Å². The molecular weight excluding hydrogens is 466 g/mol. The summed E-state index contributed by atoms with van der Waals surface area (Å²) in [5.41, 5.74) is 2.21. The summed E-state index contributed by atoms with van der Waals surface area (Å²) in [6.45, 7) is 2.50. The molecule has 178 valence electrons. The Morgan fingerprint density at radius 3 is 2.70 bits per heavy atom. The number of carbonyl (C=O) groups excluding carboxylic acids is 2. The summed E-state index contributed by atoms with van der Waals surface area (Å²) in [4.78, 5) is 29.5. The number of hydrogen-bond donors (Lipinski definition) is 3. The van der Waals surface area contributed by atoms with Crippen molar-refractivity contribution in [2.24, 2.45) is 5.92 Å². The maximum Gasteiger partial charge on any atom is 0.264 e. The Labute approximate surface area is 197 Å². The zero-order valence-corrected chi connectivity index (χ0v) is 20.3. The Balaban J connectivity index is 1.62. The zero-order valence-electron chi connectivity index (χ0n) is 18.7. The van der Waals surface area contributed by atoms with E-state index in [9.17, 15) is 23.1 Å². The van der Waals surface area contributed by atoms with Gasteiger partial charge in [0, 0.05) is 37.8 Å². The van der Waals surface area contributed by atoms with Gasteiger partial charge in [-0.1, -0.05) is 5.92 Å². The molecule has 3 heterocycles. The lowest BCUT2D eigenvalue weighted by Crippen LogP contribution is -2.50. The number of amides is 2. The summed E-state index contributed by atoms with van der Waals surface area (Å²) in [7, 11) is -1.86. The minimum Gasteiger partial charge on any atom is -0.395 e. The number of nitrogens with zero attached hydrogens (tertiary/aromatic N) is 2. The van der Waals surface area contributed by atoms with Crippen molar-refractivity contribution in [3.8, 4) is 23.7 Å². The summed E-state index contributed by atoms with van der Waals surface area (Å²) in [6.07, 6.45) is 1.60. The first-order valence-corrected chi connectivity index (χ1v) is 13.1. The van der Waals surface area contributed by atoms with Gasteiger partial charge in [0.1, 0.15) is 0 Å². The molecule has 2 aliphatic heterocycles. The molecule has 0 saturated carbocycles. The predicted octanol–water partition coefficient (Wildman–Crippen LogP) is 0.0702. The van der Waals surface area contributed by atoms with Crippen LogP contribution in [0.15, 0.2) is 6.07 Å². The van der Waals surface area contributed by atoms with Gasteiger partial charge < -0.3 is 10.0 Å². The van der Waals surface area contributed by atoms with Crippen LogP contribution in [0.25, 0.3) is 0 Å². The van der Waals surface area contributed by atoms with Crippen LogP contribution in [0.2, 0.25) is 0 Å². The Kier molecular flexibility index (Phi) is 7.52. The number of sulfone groups is 1. The van der Waals surface area contributed by atoms with Gasteiger partial charge in [-0.05, 0) is 56.2 Å². The van der Waals surface area contributed by atoms with Gasteiger partial charge >= 0.3 is 0 Å². The van der Waals surface area contributed by atoms with Gasteiger partial charge in [0.2, 0.25) is 0 Å². The van der Waals surface area contributed by atoms with Crippen LogP contribution in [0.4, 0.5) is 0 Å². The number of hydrogen-bond acceptors (Lipinski definition) is 8. The molecular formula is C22H27N3O6S2. The van der Waals surface area contributed by atoms with Crippen LogP contribution < -0.4 is 5.48 Å². The van der Waals surface area contributed by atoms with E-state index in [1.807, 2.05) is 13.1 Å². The van der Waals surface area contributed by atoms with Gasteiger partial charge in [-0.15, -0.1) is 11.3 Å². The number of carbonyl (C=O) groups is 2. The van der Waals surface area contributed by atoms with E-state index in [-0.39, 0.29) is 37.4 Å². The molecule has 2 aliphatic rings. The van der Waals surface area contributed by atoms with Crippen molar-refractivity contribution < 1.29 is 28.3 Å². The monoisotopic (exact) mass is 493 g/mol. The van der Waals surface area contributed by atoms with E-state index in [0.29, 0.717) is 11.4 Å². The maximum absolute atomic E-state index is 12.7. The van der Waals surface area contributed by atoms with Crippen LogP contribution in [0, 0.1) is 29.6 Å². The van der Waals surface area contributed by atoms with Crippen molar-refractivity contribution in [3.05, 3.63) is 21.4 Å². The van der Waals surface area contributed by atoms with Gasteiger partial charge in [-0.25, -0.2) is 13.9 Å². The Morgan fingerprint density at radius 1 is 1.39 bits per heavy atom. The lowest BCUT2D eigenvalue weighted by molar-refractivity contribution is -0.131. The summed E-state index contributed by atoms with van der Waals surface area (Å²) < 4.78 is 22.3. The minimum absolute atomic E-state index is 0.0500. The first-order valence-electron chi connectivity index (χ1n) is 10.4. The molecule has 1 aromatic heterocycles. The molecule has 11 heteroatoms. The standard InChI is InChI=1S/C22H27N3O6S2/c1-22(21(28)23-29,33(3,30)31)8-9-25-13-16-11-18(32-19(16)20(25)27)7-5-4-6-15-10-17(14-26)24(2)12-15/h11,15,17,26,29H,8-10,12-14H2,1-3H3,(H,23,28)/t15-,17+,22?/m0/s1. The van der Waals surface area contributed by atoms with Gasteiger partial charge in [0.15, 0.2) is 14.6 Å². The molecule has 1 fully saturated rings. The number of fused-ring (bicyclic) bond motifs is 1. The van der Waals surface area contributed by atoms with E-state index >= 15 is 0 Å². The highest BCUT2D eigenvalue weighted by atomic mass is 32.2. The van der Waals surface area contributed by atoms with Crippen molar-refractivity contribution in [2.75, 3.05) is 33.0 Å². The fourth-order valence-corrected chi connectivity index (χ4v) is 5.79. The summed E-state index contributed by atoms with van der Waals surface area (Å²) in [5, 5.41) is 18.2. The molecule has 0 aromatic carbocycles. The number of thiophene rings is 1. The predicted molar refractivity (Wildman–Crippen MR) is 123 cm³/mol. The van der Waals surface area contributed by atoms with Crippen LogP contribution in [-0.2, 0) is 21.2 Å². The lowest BCUT2D eigenvalue weighted by atomic mass is 10.1. The number of hydroxylamine groups is 1. The fraction of sp³-hybridized carbons (Fsp3) is 0.545. The van der Waals surface area contributed by atoms with Crippen LogP contribution in [0.1, 0.15) is 39.9 Å². The summed E-state index contributed by atoms with van der Waals surface area (Å²) in [6, 6.07) is 1.97. The number of aliphatic hydroxyl groups is 1.